The molecule has 0 saturated carbocycles. The van der Waals surface area contributed by atoms with Crippen LogP contribution >= 0.6 is 0 Å². The van der Waals surface area contributed by atoms with Gasteiger partial charge in [-0.25, -0.2) is 9.48 Å². The predicted molar refractivity (Wildman–Crippen MR) is 106 cm³/mol. The highest BCUT2D eigenvalue weighted by Crippen LogP contribution is 2.32. The van der Waals surface area contributed by atoms with Crippen LogP contribution in [0.25, 0.3) is 5.69 Å². The summed E-state index contributed by atoms with van der Waals surface area (Å²) in [5.41, 5.74) is 1.61. The van der Waals surface area contributed by atoms with E-state index in [2.05, 4.69) is 10.1 Å². The summed E-state index contributed by atoms with van der Waals surface area (Å²) in [6.45, 7) is 3.38. The summed E-state index contributed by atoms with van der Waals surface area (Å²) < 4.78 is 7.06. The molecule has 5 rings (SSSR count). The number of anilines is 1. The number of rotatable bonds is 3. The summed E-state index contributed by atoms with van der Waals surface area (Å²) in [5.74, 6) is 1.15. The summed E-state index contributed by atoms with van der Waals surface area (Å²) in [4.78, 5) is 35.8. The molecule has 0 spiro atoms. The third-order valence-corrected chi connectivity index (χ3v) is 5.42. The molecule has 0 bridgehead atoms. The normalized spacial score (nSPS) is 19.0. The first-order chi connectivity index (χ1) is 14.2. The van der Waals surface area contributed by atoms with Crippen LogP contribution in [0.1, 0.15) is 12.0 Å². The number of urea groups is 1. The highest BCUT2D eigenvalue weighted by atomic mass is 16.5. The van der Waals surface area contributed by atoms with Crippen LogP contribution in [-0.2, 0) is 9.53 Å². The molecule has 3 aliphatic heterocycles. The van der Waals surface area contributed by atoms with Crippen LogP contribution in [0, 0.1) is 0 Å². The molecule has 1 aromatic carbocycles. The molecule has 1 fully saturated rings. The number of aromatic nitrogens is 2. The molecule has 9 nitrogen and oxygen atoms in total. The molecule has 0 atom stereocenters. The summed E-state index contributed by atoms with van der Waals surface area (Å²) >= 11 is 0. The van der Waals surface area contributed by atoms with Crippen LogP contribution in [0.3, 0.4) is 0 Å². The third-order valence-electron chi connectivity index (χ3n) is 5.42. The zero-order chi connectivity index (χ0) is 19.8. The van der Waals surface area contributed by atoms with Crippen molar-refractivity contribution in [3.63, 3.8) is 0 Å². The third kappa shape index (κ3) is 3.07. The van der Waals surface area contributed by atoms with Gasteiger partial charge in [0.1, 0.15) is 12.4 Å². The molecule has 150 valence electrons. The second-order valence-corrected chi connectivity index (χ2v) is 7.20. The van der Waals surface area contributed by atoms with Crippen molar-refractivity contribution in [3.8, 4) is 5.69 Å². The smallest absolute Gasteiger partial charge is 0.331 e. The van der Waals surface area contributed by atoms with E-state index in [1.54, 1.807) is 20.7 Å². The SMILES string of the molecule is O=C(CN1C(=O)N2CCCN=C2c2cnn(-c3ccccc3)c21)N1CCOCC1. The molecule has 0 aliphatic carbocycles. The van der Waals surface area contributed by atoms with E-state index in [-0.39, 0.29) is 18.5 Å². The van der Waals surface area contributed by atoms with E-state index in [9.17, 15) is 9.59 Å². The minimum atomic E-state index is -0.227. The van der Waals surface area contributed by atoms with Gasteiger partial charge in [-0.3, -0.25) is 19.6 Å². The second-order valence-electron chi connectivity index (χ2n) is 7.20. The van der Waals surface area contributed by atoms with Gasteiger partial charge in [0.15, 0.2) is 5.82 Å². The largest absolute Gasteiger partial charge is 0.378 e. The maximum absolute atomic E-state index is 13.4. The van der Waals surface area contributed by atoms with E-state index in [0.717, 1.165) is 17.7 Å². The molecule has 9 heteroatoms. The number of carbonyl (C=O) groups excluding carboxylic acids is 2. The van der Waals surface area contributed by atoms with Gasteiger partial charge in [-0.2, -0.15) is 5.10 Å². The lowest BCUT2D eigenvalue weighted by Gasteiger charge is -2.38. The highest BCUT2D eigenvalue weighted by molar-refractivity contribution is 6.19. The zero-order valence-electron chi connectivity index (χ0n) is 16.0. The van der Waals surface area contributed by atoms with E-state index in [4.69, 9.17) is 4.74 Å². The molecule has 0 unspecified atom stereocenters. The van der Waals surface area contributed by atoms with Crippen molar-refractivity contribution in [2.24, 2.45) is 4.99 Å². The number of aliphatic imine (C=N–C) groups is 1. The Morgan fingerprint density at radius 1 is 1.10 bits per heavy atom. The Labute approximate surface area is 168 Å². The summed E-state index contributed by atoms with van der Waals surface area (Å²) in [6.07, 6.45) is 2.54. The maximum Gasteiger partial charge on any atom is 0.331 e. The Morgan fingerprint density at radius 3 is 2.69 bits per heavy atom. The fraction of sp³-hybridized carbons (Fsp3) is 0.400. The van der Waals surface area contributed by atoms with Gasteiger partial charge in [-0.05, 0) is 18.6 Å². The van der Waals surface area contributed by atoms with Crippen LogP contribution in [-0.4, -0.2) is 83.3 Å². The number of fused-ring (bicyclic) bond motifs is 3. The van der Waals surface area contributed by atoms with Crippen molar-refractivity contribution < 1.29 is 14.3 Å². The highest BCUT2D eigenvalue weighted by Gasteiger charge is 2.40. The number of para-hydroxylation sites is 1. The lowest BCUT2D eigenvalue weighted by Crippen LogP contribution is -2.56. The fourth-order valence-corrected chi connectivity index (χ4v) is 3.97. The number of nitrogens with zero attached hydrogens (tertiary/aromatic N) is 6. The van der Waals surface area contributed by atoms with Crippen LogP contribution in [0.15, 0.2) is 41.5 Å². The summed E-state index contributed by atoms with van der Waals surface area (Å²) in [5, 5.41) is 4.53. The van der Waals surface area contributed by atoms with Gasteiger partial charge in [0.2, 0.25) is 5.91 Å². The van der Waals surface area contributed by atoms with Gasteiger partial charge >= 0.3 is 6.03 Å². The van der Waals surface area contributed by atoms with Gasteiger partial charge in [0, 0.05) is 26.2 Å². The number of benzene rings is 1. The summed E-state index contributed by atoms with van der Waals surface area (Å²) in [7, 11) is 0. The lowest BCUT2D eigenvalue weighted by atomic mass is 10.1. The number of hydrogen-bond donors (Lipinski definition) is 0. The Hall–Kier alpha value is -3.20. The maximum atomic E-state index is 13.4. The van der Waals surface area contributed by atoms with Crippen molar-refractivity contribution in [1.29, 1.82) is 0 Å². The Balaban J connectivity index is 1.56. The van der Waals surface area contributed by atoms with E-state index in [0.29, 0.717) is 51.0 Å². The monoisotopic (exact) mass is 394 g/mol. The molecule has 1 aromatic heterocycles. The molecular weight excluding hydrogens is 372 g/mol. The van der Waals surface area contributed by atoms with Crippen molar-refractivity contribution in [2.45, 2.75) is 6.42 Å². The zero-order valence-corrected chi connectivity index (χ0v) is 16.0. The van der Waals surface area contributed by atoms with Gasteiger partial charge in [0.05, 0.1) is 30.7 Å². The van der Waals surface area contributed by atoms with Crippen LogP contribution in [0.2, 0.25) is 0 Å². The van der Waals surface area contributed by atoms with Gasteiger partial charge in [-0.15, -0.1) is 0 Å². The average Bonchev–Trinajstić information content (AvgIpc) is 3.23. The molecule has 4 heterocycles. The van der Waals surface area contributed by atoms with E-state index in [1.165, 1.54) is 4.90 Å². The van der Waals surface area contributed by atoms with Crippen molar-refractivity contribution in [2.75, 3.05) is 50.8 Å². The number of ether oxygens (including phenoxy) is 1. The van der Waals surface area contributed by atoms with Crippen LogP contribution < -0.4 is 4.90 Å². The van der Waals surface area contributed by atoms with Gasteiger partial charge in [0.25, 0.3) is 0 Å². The van der Waals surface area contributed by atoms with Crippen molar-refractivity contribution in [1.82, 2.24) is 19.6 Å². The number of amides is 3. The van der Waals surface area contributed by atoms with Gasteiger partial charge in [-0.1, -0.05) is 18.2 Å². The first-order valence-corrected chi connectivity index (χ1v) is 9.87. The lowest BCUT2D eigenvalue weighted by molar-refractivity contribution is -0.133. The van der Waals surface area contributed by atoms with Gasteiger partial charge < -0.3 is 9.64 Å². The summed E-state index contributed by atoms with van der Waals surface area (Å²) in [6, 6.07) is 9.39. The van der Waals surface area contributed by atoms with E-state index in [1.807, 2.05) is 30.3 Å². The quantitative estimate of drug-likeness (QED) is 0.781. The number of morpholine rings is 1. The first-order valence-electron chi connectivity index (χ1n) is 9.87. The molecule has 1 saturated heterocycles. The first kappa shape index (κ1) is 17.9. The van der Waals surface area contributed by atoms with Crippen LogP contribution in [0.5, 0.6) is 0 Å². The van der Waals surface area contributed by atoms with Crippen LogP contribution in [0.4, 0.5) is 10.6 Å². The van der Waals surface area contributed by atoms with E-state index < -0.39 is 0 Å². The number of amidine groups is 1. The molecule has 0 radical (unpaired) electrons. The standard InChI is InChI=1S/C20H22N6O3/c27-17(23-9-11-29-12-10-23)14-25-19-16(18-21-7-4-8-24(18)20(25)28)13-22-26(19)15-5-2-1-3-6-15/h1-3,5-6,13H,4,7-12,14H2. The van der Waals surface area contributed by atoms with Crippen molar-refractivity contribution >= 4 is 23.6 Å². The Morgan fingerprint density at radius 2 is 1.90 bits per heavy atom. The molecule has 0 N–H and O–H groups in total. The Kier molecular flexibility index (Phi) is 4.51. The molecule has 3 amide bonds. The minimum absolute atomic E-state index is 0.0336. The molecule has 3 aliphatic rings. The minimum Gasteiger partial charge on any atom is -0.378 e. The Bertz CT molecular complexity index is 964. The molecular formula is C20H22N6O3. The number of hydrogen-bond acceptors (Lipinski definition) is 5. The fourth-order valence-electron chi connectivity index (χ4n) is 3.97. The topological polar surface area (TPSA) is 83.3 Å². The molecule has 2 aromatic rings. The number of carbonyl (C=O) groups is 2. The van der Waals surface area contributed by atoms with E-state index >= 15 is 0 Å². The van der Waals surface area contributed by atoms with Crippen molar-refractivity contribution in [3.05, 3.63) is 42.1 Å². The predicted octanol–water partition coefficient (Wildman–Crippen LogP) is 1.12. The molecule has 29 heavy (non-hydrogen) atoms. The average molecular weight is 394 g/mol. The second kappa shape index (κ2) is 7.32.